The average molecular weight is 291 g/mol. The van der Waals surface area contributed by atoms with Gasteiger partial charge < -0.3 is 11.1 Å². The summed E-state index contributed by atoms with van der Waals surface area (Å²) in [5.41, 5.74) is 8.72. The molecule has 5 nitrogen and oxygen atoms in total. The zero-order valence-electron chi connectivity index (χ0n) is 12.2. The van der Waals surface area contributed by atoms with Crippen molar-refractivity contribution < 1.29 is 0 Å². The molecule has 0 aliphatic heterocycles. The standard InChI is InChI=1S/C17H17N5/c18-16-6-4-13(9-19-16)12-3-5-15-14(7-12)17(22-10-21-15)20-8-11-1-2-11/h3-7,9-11H,1-2,8H2,(H2,18,19)(H,20,21,22). The number of anilines is 2. The summed E-state index contributed by atoms with van der Waals surface area (Å²) in [7, 11) is 0. The average Bonchev–Trinajstić information content (AvgIpc) is 3.37. The first-order valence-electron chi connectivity index (χ1n) is 7.50. The van der Waals surface area contributed by atoms with E-state index in [9.17, 15) is 0 Å². The number of aromatic nitrogens is 3. The van der Waals surface area contributed by atoms with Crippen LogP contribution >= 0.6 is 0 Å². The Balaban J connectivity index is 1.74. The van der Waals surface area contributed by atoms with Crippen LogP contribution < -0.4 is 11.1 Å². The molecular formula is C17H17N5. The molecule has 22 heavy (non-hydrogen) atoms. The predicted molar refractivity (Wildman–Crippen MR) is 88.4 cm³/mol. The van der Waals surface area contributed by atoms with Gasteiger partial charge in [-0.15, -0.1) is 0 Å². The van der Waals surface area contributed by atoms with Gasteiger partial charge in [-0.25, -0.2) is 15.0 Å². The number of benzene rings is 1. The largest absolute Gasteiger partial charge is 0.384 e. The number of nitrogens with one attached hydrogen (secondary N) is 1. The second-order valence-electron chi connectivity index (χ2n) is 5.75. The quantitative estimate of drug-likeness (QED) is 0.772. The molecule has 0 spiro atoms. The van der Waals surface area contributed by atoms with Gasteiger partial charge in [0.05, 0.1) is 5.52 Å². The maximum atomic E-state index is 5.65. The third kappa shape index (κ3) is 2.57. The molecule has 1 fully saturated rings. The zero-order chi connectivity index (χ0) is 14.9. The zero-order valence-corrected chi connectivity index (χ0v) is 12.2. The fraction of sp³-hybridized carbons (Fsp3) is 0.235. The van der Waals surface area contributed by atoms with Crippen molar-refractivity contribution in [3.8, 4) is 11.1 Å². The first-order valence-corrected chi connectivity index (χ1v) is 7.50. The molecule has 2 heterocycles. The summed E-state index contributed by atoms with van der Waals surface area (Å²) >= 11 is 0. The molecule has 1 aliphatic carbocycles. The molecule has 5 heteroatoms. The third-order valence-corrected chi connectivity index (χ3v) is 4.01. The van der Waals surface area contributed by atoms with Crippen molar-refractivity contribution in [3.63, 3.8) is 0 Å². The summed E-state index contributed by atoms with van der Waals surface area (Å²) in [5.74, 6) is 2.23. The van der Waals surface area contributed by atoms with Crippen LogP contribution in [0.2, 0.25) is 0 Å². The number of hydrogen-bond donors (Lipinski definition) is 2. The number of nitrogens with zero attached hydrogens (tertiary/aromatic N) is 3. The second kappa shape index (κ2) is 5.26. The van der Waals surface area contributed by atoms with Crippen molar-refractivity contribution in [2.45, 2.75) is 12.8 Å². The van der Waals surface area contributed by atoms with Gasteiger partial charge in [-0.2, -0.15) is 0 Å². The van der Waals surface area contributed by atoms with E-state index < -0.39 is 0 Å². The molecule has 0 atom stereocenters. The lowest BCUT2D eigenvalue weighted by Gasteiger charge is -2.09. The van der Waals surface area contributed by atoms with E-state index in [0.717, 1.165) is 40.3 Å². The van der Waals surface area contributed by atoms with Gasteiger partial charge in [-0.1, -0.05) is 6.07 Å². The van der Waals surface area contributed by atoms with Gasteiger partial charge in [-0.05, 0) is 48.6 Å². The van der Waals surface area contributed by atoms with Gasteiger partial charge in [0, 0.05) is 23.7 Å². The molecule has 0 amide bonds. The van der Waals surface area contributed by atoms with Gasteiger partial charge in [0.15, 0.2) is 0 Å². The molecule has 3 N–H and O–H groups in total. The molecule has 0 saturated heterocycles. The van der Waals surface area contributed by atoms with Crippen LogP contribution in [0.4, 0.5) is 11.6 Å². The van der Waals surface area contributed by atoms with Crippen molar-refractivity contribution in [1.29, 1.82) is 0 Å². The second-order valence-corrected chi connectivity index (χ2v) is 5.75. The summed E-state index contributed by atoms with van der Waals surface area (Å²) < 4.78 is 0. The van der Waals surface area contributed by atoms with Crippen molar-refractivity contribution in [3.05, 3.63) is 42.9 Å². The molecule has 1 aliphatic rings. The minimum absolute atomic E-state index is 0.527. The number of pyridine rings is 1. The molecule has 3 aromatic rings. The number of hydrogen-bond acceptors (Lipinski definition) is 5. The van der Waals surface area contributed by atoms with Crippen molar-refractivity contribution in [2.75, 3.05) is 17.6 Å². The van der Waals surface area contributed by atoms with E-state index in [4.69, 9.17) is 5.73 Å². The lowest BCUT2D eigenvalue weighted by atomic mass is 10.1. The van der Waals surface area contributed by atoms with Crippen LogP contribution in [0.15, 0.2) is 42.9 Å². The highest BCUT2D eigenvalue weighted by molar-refractivity contribution is 5.92. The summed E-state index contributed by atoms with van der Waals surface area (Å²) in [4.78, 5) is 12.9. The Morgan fingerprint density at radius 3 is 2.68 bits per heavy atom. The van der Waals surface area contributed by atoms with Gasteiger partial charge >= 0.3 is 0 Å². The first-order chi connectivity index (χ1) is 10.8. The molecule has 2 aromatic heterocycles. The minimum atomic E-state index is 0.527. The van der Waals surface area contributed by atoms with Gasteiger partial charge in [0.1, 0.15) is 18.0 Å². The summed E-state index contributed by atoms with van der Waals surface area (Å²) in [6, 6.07) is 9.97. The Morgan fingerprint density at radius 1 is 1.05 bits per heavy atom. The fourth-order valence-corrected chi connectivity index (χ4v) is 2.52. The van der Waals surface area contributed by atoms with Crippen LogP contribution in [0.3, 0.4) is 0 Å². The Hall–Kier alpha value is -2.69. The van der Waals surface area contributed by atoms with E-state index in [0.29, 0.717) is 5.82 Å². The normalized spacial score (nSPS) is 14.2. The van der Waals surface area contributed by atoms with Gasteiger partial charge in [-0.3, -0.25) is 0 Å². The van der Waals surface area contributed by atoms with E-state index in [1.165, 1.54) is 12.8 Å². The molecule has 4 rings (SSSR count). The third-order valence-electron chi connectivity index (χ3n) is 4.01. The highest BCUT2D eigenvalue weighted by Gasteiger charge is 2.21. The Bertz CT molecular complexity index is 809. The number of nitrogens with two attached hydrogens (primary N) is 1. The minimum Gasteiger partial charge on any atom is -0.384 e. The van der Waals surface area contributed by atoms with Crippen LogP contribution in [-0.4, -0.2) is 21.5 Å². The monoisotopic (exact) mass is 291 g/mol. The molecular weight excluding hydrogens is 274 g/mol. The highest BCUT2D eigenvalue weighted by atomic mass is 15.0. The summed E-state index contributed by atoms with van der Waals surface area (Å²) in [5, 5.41) is 4.49. The van der Waals surface area contributed by atoms with E-state index >= 15 is 0 Å². The lowest BCUT2D eigenvalue weighted by Crippen LogP contribution is -2.05. The van der Waals surface area contributed by atoms with Crippen LogP contribution in [0.25, 0.3) is 22.0 Å². The van der Waals surface area contributed by atoms with Crippen LogP contribution in [-0.2, 0) is 0 Å². The summed E-state index contributed by atoms with van der Waals surface area (Å²) in [6.07, 6.45) is 6.04. The van der Waals surface area contributed by atoms with E-state index in [-0.39, 0.29) is 0 Å². The van der Waals surface area contributed by atoms with Gasteiger partial charge in [0.25, 0.3) is 0 Å². The molecule has 0 radical (unpaired) electrons. The van der Waals surface area contributed by atoms with E-state index in [1.807, 2.05) is 24.3 Å². The van der Waals surface area contributed by atoms with Crippen LogP contribution in [0, 0.1) is 5.92 Å². The number of fused-ring (bicyclic) bond motifs is 1. The van der Waals surface area contributed by atoms with E-state index in [1.54, 1.807) is 12.5 Å². The van der Waals surface area contributed by atoms with Gasteiger partial charge in [0.2, 0.25) is 0 Å². The molecule has 1 saturated carbocycles. The number of rotatable bonds is 4. The smallest absolute Gasteiger partial charge is 0.137 e. The first kappa shape index (κ1) is 13.0. The predicted octanol–water partition coefficient (Wildman–Crippen LogP) is 3.10. The maximum absolute atomic E-state index is 5.65. The molecule has 0 bridgehead atoms. The van der Waals surface area contributed by atoms with Crippen LogP contribution in [0.5, 0.6) is 0 Å². The van der Waals surface area contributed by atoms with E-state index in [2.05, 4.69) is 26.3 Å². The Labute approximate surface area is 128 Å². The topological polar surface area (TPSA) is 76.7 Å². The van der Waals surface area contributed by atoms with Crippen molar-refractivity contribution >= 4 is 22.5 Å². The molecule has 0 unspecified atom stereocenters. The van der Waals surface area contributed by atoms with Crippen molar-refractivity contribution in [2.24, 2.45) is 5.92 Å². The Kier molecular flexibility index (Phi) is 3.11. The maximum Gasteiger partial charge on any atom is 0.137 e. The fourth-order valence-electron chi connectivity index (χ4n) is 2.52. The SMILES string of the molecule is Nc1ccc(-c2ccc3ncnc(NCC4CC4)c3c2)cn1. The Morgan fingerprint density at radius 2 is 1.91 bits per heavy atom. The summed E-state index contributed by atoms with van der Waals surface area (Å²) in [6.45, 7) is 0.986. The molecule has 1 aromatic carbocycles. The van der Waals surface area contributed by atoms with Crippen LogP contribution in [0.1, 0.15) is 12.8 Å². The highest BCUT2D eigenvalue weighted by Crippen LogP contribution is 2.31. The number of nitrogen functional groups attached to an aromatic ring is 1. The lowest BCUT2D eigenvalue weighted by molar-refractivity contribution is 0.883. The molecule has 110 valence electrons. The van der Waals surface area contributed by atoms with Crippen molar-refractivity contribution in [1.82, 2.24) is 15.0 Å².